The van der Waals surface area contributed by atoms with Crippen LogP contribution in [0.25, 0.3) is 0 Å². The largest absolute Gasteiger partial charge is 0.327 e. The van der Waals surface area contributed by atoms with Gasteiger partial charge in [-0.1, -0.05) is 44.2 Å². The molecule has 0 spiro atoms. The van der Waals surface area contributed by atoms with E-state index in [-0.39, 0.29) is 0 Å². The van der Waals surface area contributed by atoms with Crippen LogP contribution in [0.2, 0.25) is 0 Å². The molecule has 1 aromatic carbocycles. The average Bonchev–Trinajstić information content (AvgIpc) is 2.41. The van der Waals surface area contributed by atoms with Gasteiger partial charge in [0.2, 0.25) is 0 Å². The molecular formula is C17H29N3. The highest BCUT2D eigenvalue weighted by molar-refractivity contribution is 5.14. The van der Waals surface area contributed by atoms with Crippen LogP contribution in [-0.2, 0) is 6.54 Å². The van der Waals surface area contributed by atoms with Crippen molar-refractivity contribution in [1.82, 2.24) is 9.80 Å². The maximum atomic E-state index is 6.21. The quantitative estimate of drug-likeness (QED) is 0.863. The van der Waals surface area contributed by atoms with E-state index in [1.165, 1.54) is 5.56 Å². The second-order valence-corrected chi connectivity index (χ2v) is 6.45. The minimum atomic E-state index is 0.329. The summed E-state index contributed by atoms with van der Waals surface area (Å²) >= 11 is 0. The van der Waals surface area contributed by atoms with E-state index in [2.05, 4.69) is 54.0 Å². The van der Waals surface area contributed by atoms with Crippen LogP contribution < -0.4 is 5.73 Å². The van der Waals surface area contributed by atoms with Gasteiger partial charge in [0.15, 0.2) is 0 Å². The zero-order valence-electron chi connectivity index (χ0n) is 13.0. The summed E-state index contributed by atoms with van der Waals surface area (Å²) in [7, 11) is 0. The Labute approximate surface area is 123 Å². The van der Waals surface area contributed by atoms with Crippen LogP contribution in [0.1, 0.15) is 25.8 Å². The van der Waals surface area contributed by atoms with Crippen LogP contribution in [0.3, 0.4) is 0 Å². The van der Waals surface area contributed by atoms with Crippen LogP contribution in [-0.4, -0.2) is 48.6 Å². The monoisotopic (exact) mass is 275 g/mol. The van der Waals surface area contributed by atoms with Crippen molar-refractivity contribution >= 4 is 0 Å². The van der Waals surface area contributed by atoms with Crippen molar-refractivity contribution in [2.75, 3.05) is 32.7 Å². The molecule has 0 aliphatic carbocycles. The Morgan fingerprint density at radius 2 is 1.60 bits per heavy atom. The minimum Gasteiger partial charge on any atom is -0.327 e. The standard InChI is InChI=1S/C17H29N3/c1-15(2)12-17(18)14-20-10-8-19(9-11-20)13-16-6-4-3-5-7-16/h3-7,15,17H,8-14,18H2,1-2H3/t17-/m0/s1. The lowest BCUT2D eigenvalue weighted by Gasteiger charge is -2.36. The van der Waals surface area contributed by atoms with E-state index < -0.39 is 0 Å². The van der Waals surface area contributed by atoms with Crippen LogP contribution in [0, 0.1) is 5.92 Å². The Balaban J connectivity index is 1.70. The summed E-state index contributed by atoms with van der Waals surface area (Å²) in [5, 5.41) is 0. The molecule has 3 nitrogen and oxygen atoms in total. The fraction of sp³-hybridized carbons (Fsp3) is 0.647. The van der Waals surface area contributed by atoms with E-state index >= 15 is 0 Å². The predicted molar refractivity (Wildman–Crippen MR) is 85.6 cm³/mol. The SMILES string of the molecule is CC(C)C[C@H](N)CN1CCN(Cc2ccccc2)CC1. The lowest BCUT2D eigenvalue weighted by Crippen LogP contribution is -2.49. The van der Waals surface area contributed by atoms with Crippen molar-refractivity contribution < 1.29 is 0 Å². The Hall–Kier alpha value is -0.900. The van der Waals surface area contributed by atoms with Gasteiger partial charge in [-0.3, -0.25) is 9.80 Å². The third kappa shape index (κ3) is 5.23. The van der Waals surface area contributed by atoms with Gasteiger partial charge in [0, 0.05) is 45.3 Å². The predicted octanol–water partition coefficient (Wildman–Crippen LogP) is 2.18. The van der Waals surface area contributed by atoms with Crippen molar-refractivity contribution in [3.8, 4) is 0 Å². The molecule has 0 bridgehead atoms. The van der Waals surface area contributed by atoms with Gasteiger partial charge in [-0.25, -0.2) is 0 Å². The molecule has 1 fully saturated rings. The summed E-state index contributed by atoms with van der Waals surface area (Å²) in [6.07, 6.45) is 1.13. The number of piperazine rings is 1. The van der Waals surface area contributed by atoms with Gasteiger partial charge in [0.1, 0.15) is 0 Å². The lowest BCUT2D eigenvalue weighted by atomic mass is 10.0. The molecule has 2 N–H and O–H groups in total. The van der Waals surface area contributed by atoms with Crippen molar-refractivity contribution in [2.45, 2.75) is 32.9 Å². The van der Waals surface area contributed by atoms with Gasteiger partial charge in [0.05, 0.1) is 0 Å². The number of nitrogens with zero attached hydrogens (tertiary/aromatic N) is 2. The van der Waals surface area contributed by atoms with E-state index in [0.717, 1.165) is 45.7 Å². The lowest BCUT2D eigenvalue weighted by molar-refractivity contribution is 0.120. The van der Waals surface area contributed by atoms with Crippen LogP contribution >= 0.6 is 0 Å². The molecule has 1 atom stereocenters. The van der Waals surface area contributed by atoms with E-state index in [1.54, 1.807) is 0 Å². The van der Waals surface area contributed by atoms with E-state index in [4.69, 9.17) is 5.73 Å². The number of benzene rings is 1. The maximum Gasteiger partial charge on any atom is 0.0234 e. The third-order valence-electron chi connectivity index (χ3n) is 3.98. The molecule has 112 valence electrons. The van der Waals surface area contributed by atoms with Gasteiger partial charge in [-0.15, -0.1) is 0 Å². The molecule has 1 aliphatic heterocycles. The molecule has 1 saturated heterocycles. The molecule has 1 heterocycles. The Morgan fingerprint density at radius 3 is 2.20 bits per heavy atom. The second-order valence-electron chi connectivity index (χ2n) is 6.45. The molecule has 0 saturated carbocycles. The van der Waals surface area contributed by atoms with Crippen LogP contribution in [0.4, 0.5) is 0 Å². The summed E-state index contributed by atoms with van der Waals surface area (Å²) in [6.45, 7) is 11.2. The highest BCUT2D eigenvalue weighted by atomic mass is 15.3. The smallest absolute Gasteiger partial charge is 0.0234 e. The summed E-state index contributed by atoms with van der Waals surface area (Å²) in [6, 6.07) is 11.1. The van der Waals surface area contributed by atoms with Gasteiger partial charge in [0.25, 0.3) is 0 Å². The summed E-state index contributed by atoms with van der Waals surface area (Å²) in [4.78, 5) is 5.06. The van der Waals surface area contributed by atoms with Crippen molar-refractivity contribution in [1.29, 1.82) is 0 Å². The topological polar surface area (TPSA) is 32.5 Å². The molecule has 1 aliphatic rings. The van der Waals surface area contributed by atoms with Crippen molar-refractivity contribution in [2.24, 2.45) is 11.7 Å². The fourth-order valence-corrected chi connectivity index (χ4v) is 2.98. The first-order valence-electron chi connectivity index (χ1n) is 7.87. The third-order valence-corrected chi connectivity index (χ3v) is 3.98. The molecule has 0 aromatic heterocycles. The molecule has 0 unspecified atom stereocenters. The van der Waals surface area contributed by atoms with Gasteiger partial charge in [-0.05, 0) is 17.9 Å². The molecular weight excluding hydrogens is 246 g/mol. The van der Waals surface area contributed by atoms with Gasteiger partial charge >= 0.3 is 0 Å². The number of hydrogen-bond acceptors (Lipinski definition) is 3. The van der Waals surface area contributed by atoms with Crippen molar-refractivity contribution in [3.05, 3.63) is 35.9 Å². The van der Waals surface area contributed by atoms with Gasteiger partial charge < -0.3 is 5.73 Å². The molecule has 3 heteroatoms. The second kappa shape index (κ2) is 7.77. The first kappa shape index (κ1) is 15.5. The first-order chi connectivity index (χ1) is 9.63. The highest BCUT2D eigenvalue weighted by Gasteiger charge is 2.19. The number of rotatable bonds is 6. The molecule has 0 amide bonds. The van der Waals surface area contributed by atoms with Crippen molar-refractivity contribution in [3.63, 3.8) is 0 Å². The summed E-state index contributed by atoms with van der Waals surface area (Å²) in [5.74, 6) is 0.698. The zero-order valence-corrected chi connectivity index (χ0v) is 13.0. The molecule has 2 rings (SSSR count). The van der Waals surface area contributed by atoms with Crippen LogP contribution in [0.15, 0.2) is 30.3 Å². The molecule has 20 heavy (non-hydrogen) atoms. The van der Waals surface area contributed by atoms with E-state index in [9.17, 15) is 0 Å². The maximum absolute atomic E-state index is 6.21. The Kier molecular flexibility index (Phi) is 6.02. The van der Waals surface area contributed by atoms with E-state index in [0.29, 0.717) is 12.0 Å². The normalized spacial score (nSPS) is 19.4. The molecule has 1 aromatic rings. The first-order valence-corrected chi connectivity index (χ1v) is 7.87. The fourth-order valence-electron chi connectivity index (χ4n) is 2.98. The highest BCUT2D eigenvalue weighted by Crippen LogP contribution is 2.10. The average molecular weight is 275 g/mol. The summed E-state index contributed by atoms with van der Waals surface area (Å²) < 4.78 is 0. The van der Waals surface area contributed by atoms with Gasteiger partial charge in [-0.2, -0.15) is 0 Å². The number of hydrogen-bond donors (Lipinski definition) is 1. The van der Waals surface area contributed by atoms with E-state index in [1.807, 2.05) is 0 Å². The minimum absolute atomic E-state index is 0.329. The Bertz CT molecular complexity index is 369. The Morgan fingerprint density at radius 1 is 1.00 bits per heavy atom. The number of nitrogens with two attached hydrogens (primary N) is 1. The molecule has 0 radical (unpaired) electrons. The summed E-state index contributed by atoms with van der Waals surface area (Å²) in [5.41, 5.74) is 7.62. The van der Waals surface area contributed by atoms with Crippen LogP contribution in [0.5, 0.6) is 0 Å². The zero-order chi connectivity index (χ0) is 14.4.